The maximum Gasteiger partial charge on any atom is 0.137 e. The molecule has 90 valence electrons. The van der Waals surface area contributed by atoms with Gasteiger partial charge in [-0.1, -0.05) is 18.5 Å². The van der Waals surface area contributed by atoms with Gasteiger partial charge in [0, 0.05) is 6.04 Å². The van der Waals surface area contributed by atoms with E-state index < -0.39 is 0 Å². The Kier molecular flexibility index (Phi) is 5.10. The number of rotatable bonds is 5. The van der Waals surface area contributed by atoms with Crippen molar-refractivity contribution in [2.24, 2.45) is 5.73 Å². The van der Waals surface area contributed by atoms with Crippen molar-refractivity contribution in [1.29, 1.82) is 0 Å². The average molecular weight is 242 g/mol. The monoisotopic (exact) mass is 241 g/mol. The Hall–Kier alpha value is -0.730. The van der Waals surface area contributed by atoms with Crippen LogP contribution in [0.25, 0.3) is 0 Å². The Morgan fingerprint density at radius 2 is 2.12 bits per heavy atom. The van der Waals surface area contributed by atoms with Crippen molar-refractivity contribution in [2.75, 3.05) is 7.11 Å². The summed E-state index contributed by atoms with van der Waals surface area (Å²) >= 11 is 6.09. The lowest BCUT2D eigenvalue weighted by Gasteiger charge is -2.12. The molecule has 1 atom stereocenters. The van der Waals surface area contributed by atoms with Gasteiger partial charge in [-0.25, -0.2) is 0 Å². The summed E-state index contributed by atoms with van der Waals surface area (Å²) in [6.45, 7) is 4.18. The number of halogens is 1. The second-order valence-corrected chi connectivity index (χ2v) is 4.53. The van der Waals surface area contributed by atoms with Crippen LogP contribution in [0.1, 0.15) is 30.9 Å². The third kappa shape index (κ3) is 3.39. The maximum absolute atomic E-state index is 6.09. The van der Waals surface area contributed by atoms with Gasteiger partial charge in [0.25, 0.3) is 0 Å². The molecule has 3 heteroatoms. The Balaban J connectivity index is 2.77. The van der Waals surface area contributed by atoms with Gasteiger partial charge in [-0.15, -0.1) is 0 Å². The number of aryl methyl sites for hydroxylation is 2. The molecular formula is C13H20ClNO. The third-order valence-electron chi connectivity index (χ3n) is 2.92. The predicted octanol–water partition coefficient (Wildman–Crippen LogP) is 3.33. The van der Waals surface area contributed by atoms with Crippen LogP contribution in [-0.4, -0.2) is 13.2 Å². The first-order valence-corrected chi connectivity index (χ1v) is 6.04. The molecule has 1 unspecified atom stereocenters. The van der Waals surface area contributed by atoms with Gasteiger partial charge in [-0.3, -0.25) is 0 Å². The van der Waals surface area contributed by atoms with E-state index in [1.807, 2.05) is 12.1 Å². The van der Waals surface area contributed by atoms with Gasteiger partial charge in [-0.05, 0) is 49.4 Å². The summed E-state index contributed by atoms with van der Waals surface area (Å²) in [7, 11) is 1.63. The average Bonchev–Trinajstić information content (AvgIpc) is 2.29. The highest BCUT2D eigenvalue weighted by Crippen LogP contribution is 2.28. The zero-order valence-electron chi connectivity index (χ0n) is 10.2. The molecule has 0 spiro atoms. The molecule has 0 amide bonds. The molecule has 1 aromatic carbocycles. The van der Waals surface area contributed by atoms with Gasteiger partial charge in [0.2, 0.25) is 0 Å². The van der Waals surface area contributed by atoms with E-state index in [0.29, 0.717) is 5.02 Å². The van der Waals surface area contributed by atoms with Crippen LogP contribution in [0.3, 0.4) is 0 Å². The fourth-order valence-corrected chi connectivity index (χ4v) is 1.93. The first kappa shape index (κ1) is 13.3. The van der Waals surface area contributed by atoms with Gasteiger partial charge in [0.05, 0.1) is 12.1 Å². The molecular weight excluding hydrogens is 222 g/mol. The molecule has 0 aliphatic carbocycles. The number of nitrogens with two attached hydrogens (primary N) is 1. The van der Waals surface area contributed by atoms with Crippen molar-refractivity contribution in [1.82, 2.24) is 0 Å². The highest BCUT2D eigenvalue weighted by molar-refractivity contribution is 6.32. The van der Waals surface area contributed by atoms with E-state index >= 15 is 0 Å². The Morgan fingerprint density at radius 1 is 1.44 bits per heavy atom. The van der Waals surface area contributed by atoms with Crippen molar-refractivity contribution in [3.8, 4) is 5.75 Å². The van der Waals surface area contributed by atoms with Gasteiger partial charge in [0.15, 0.2) is 0 Å². The largest absolute Gasteiger partial charge is 0.495 e. The summed E-state index contributed by atoms with van der Waals surface area (Å²) in [6.07, 6.45) is 2.99. The molecule has 0 saturated carbocycles. The van der Waals surface area contributed by atoms with Crippen LogP contribution < -0.4 is 10.5 Å². The minimum Gasteiger partial charge on any atom is -0.495 e. The first-order chi connectivity index (χ1) is 7.58. The summed E-state index contributed by atoms with van der Waals surface area (Å²) in [5, 5.41) is 0.674. The summed E-state index contributed by atoms with van der Waals surface area (Å²) in [6, 6.07) is 4.24. The van der Waals surface area contributed by atoms with Crippen LogP contribution >= 0.6 is 11.6 Å². The number of ether oxygens (including phenoxy) is 1. The van der Waals surface area contributed by atoms with Gasteiger partial charge < -0.3 is 10.5 Å². The molecule has 0 aliphatic rings. The smallest absolute Gasteiger partial charge is 0.137 e. The Labute approximate surface area is 103 Å². The second kappa shape index (κ2) is 6.12. The molecule has 2 N–H and O–H groups in total. The molecule has 0 radical (unpaired) electrons. The SMILES string of the molecule is CCC(N)CCc1cc(Cl)c(OC)cc1C. The summed E-state index contributed by atoms with van der Waals surface area (Å²) in [4.78, 5) is 0. The summed E-state index contributed by atoms with van der Waals surface area (Å²) in [5.74, 6) is 0.739. The number of hydrogen-bond donors (Lipinski definition) is 1. The Morgan fingerprint density at radius 3 is 2.69 bits per heavy atom. The lowest BCUT2D eigenvalue weighted by atomic mass is 10.00. The molecule has 1 aromatic rings. The van der Waals surface area contributed by atoms with Crippen LogP contribution in [-0.2, 0) is 6.42 Å². The number of benzene rings is 1. The lowest BCUT2D eigenvalue weighted by Crippen LogP contribution is -2.19. The zero-order valence-corrected chi connectivity index (χ0v) is 11.0. The maximum atomic E-state index is 6.09. The highest BCUT2D eigenvalue weighted by atomic mass is 35.5. The van der Waals surface area contributed by atoms with Crippen molar-refractivity contribution in [2.45, 2.75) is 39.2 Å². The molecule has 0 aromatic heterocycles. The quantitative estimate of drug-likeness (QED) is 0.858. The van der Waals surface area contributed by atoms with E-state index in [2.05, 4.69) is 13.8 Å². The van der Waals surface area contributed by atoms with E-state index in [1.54, 1.807) is 7.11 Å². The number of methoxy groups -OCH3 is 1. The summed E-state index contributed by atoms with van der Waals surface area (Å²) < 4.78 is 5.17. The third-order valence-corrected chi connectivity index (χ3v) is 3.21. The summed E-state index contributed by atoms with van der Waals surface area (Å²) in [5.41, 5.74) is 8.38. The second-order valence-electron chi connectivity index (χ2n) is 4.12. The minimum atomic E-state index is 0.278. The molecule has 0 saturated heterocycles. The normalized spacial score (nSPS) is 12.6. The molecule has 0 aliphatic heterocycles. The van der Waals surface area contributed by atoms with Crippen LogP contribution in [0, 0.1) is 6.92 Å². The van der Waals surface area contributed by atoms with Crippen molar-refractivity contribution < 1.29 is 4.74 Å². The van der Waals surface area contributed by atoms with E-state index in [9.17, 15) is 0 Å². The predicted molar refractivity (Wildman–Crippen MR) is 69.3 cm³/mol. The molecule has 0 heterocycles. The molecule has 1 rings (SSSR count). The van der Waals surface area contributed by atoms with E-state index in [0.717, 1.165) is 25.0 Å². The van der Waals surface area contributed by atoms with E-state index in [4.69, 9.17) is 22.1 Å². The highest BCUT2D eigenvalue weighted by Gasteiger charge is 2.07. The van der Waals surface area contributed by atoms with Crippen molar-refractivity contribution in [3.63, 3.8) is 0 Å². The molecule has 0 bridgehead atoms. The van der Waals surface area contributed by atoms with Gasteiger partial charge in [-0.2, -0.15) is 0 Å². The van der Waals surface area contributed by atoms with Crippen LogP contribution in [0.15, 0.2) is 12.1 Å². The van der Waals surface area contributed by atoms with Crippen molar-refractivity contribution >= 4 is 11.6 Å². The van der Waals surface area contributed by atoms with E-state index in [1.165, 1.54) is 11.1 Å². The van der Waals surface area contributed by atoms with Crippen molar-refractivity contribution in [3.05, 3.63) is 28.3 Å². The standard InChI is InChI=1S/C13H20ClNO/c1-4-11(15)6-5-10-8-12(14)13(16-3)7-9(10)2/h7-8,11H,4-6,15H2,1-3H3. The topological polar surface area (TPSA) is 35.2 Å². The van der Waals surface area contributed by atoms with Crippen LogP contribution in [0.2, 0.25) is 5.02 Å². The fraction of sp³-hybridized carbons (Fsp3) is 0.538. The number of hydrogen-bond acceptors (Lipinski definition) is 2. The first-order valence-electron chi connectivity index (χ1n) is 5.67. The van der Waals surface area contributed by atoms with Crippen LogP contribution in [0.5, 0.6) is 5.75 Å². The van der Waals surface area contributed by atoms with Gasteiger partial charge in [0.1, 0.15) is 5.75 Å². The van der Waals surface area contributed by atoms with Gasteiger partial charge >= 0.3 is 0 Å². The zero-order chi connectivity index (χ0) is 12.1. The molecule has 2 nitrogen and oxygen atoms in total. The van der Waals surface area contributed by atoms with E-state index in [-0.39, 0.29) is 6.04 Å². The minimum absolute atomic E-state index is 0.278. The molecule has 0 fully saturated rings. The Bertz CT molecular complexity index is 352. The fourth-order valence-electron chi connectivity index (χ4n) is 1.67. The lowest BCUT2D eigenvalue weighted by molar-refractivity contribution is 0.414. The molecule has 16 heavy (non-hydrogen) atoms. The van der Waals surface area contributed by atoms with Crippen LogP contribution in [0.4, 0.5) is 0 Å².